The zero-order valence-electron chi connectivity index (χ0n) is 13.1. The number of carbonyl (C=O) groups is 2. The first-order valence-corrected chi connectivity index (χ1v) is 6.77. The second kappa shape index (κ2) is 6.11. The SMILES string of the molecule is CC(C)[C@H](NC(=O)c1cccn1C)C(=O)OC(C)(C)C. The van der Waals surface area contributed by atoms with E-state index in [-0.39, 0.29) is 11.8 Å². The summed E-state index contributed by atoms with van der Waals surface area (Å²) in [6.07, 6.45) is 1.78. The lowest BCUT2D eigenvalue weighted by atomic mass is 10.0. The van der Waals surface area contributed by atoms with Crippen molar-refractivity contribution < 1.29 is 14.3 Å². The topological polar surface area (TPSA) is 60.3 Å². The Labute approximate surface area is 120 Å². The molecule has 1 aromatic heterocycles. The fourth-order valence-corrected chi connectivity index (χ4v) is 1.78. The predicted molar refractivity (Wildman–Crippen MR) is 77.4 cm³/mol. The molecule has 0 unspecified atom stereocenters. The van der Waals surface area contributed by atoms with Crippen LogP contribution in [-0.2, 0) is 16.6 Å². The van der Waals surface area contributed by atoms with Gasteiger partial charge in [0.15, 0.2) is 0 Å². The summed E-state index contributed by atoms with van der Waals surface area (Å²) in [7, 11) is 1.78. The first-order valence-electron chi connectivity index (χ1n) is 6.77. The molecule has 0 aromatic carbocycles. The molecule has 0 spiro atoms. The molecule has 5 heteroatoms. The lowest BCUT2D eigenvalue weighted by Crippen LogP contribution is -2.47. The monoisotopic (exact) mass is 280 g/mol. The van der Waals surface area contributed by atoms with Crippen LogP contribution in [0.3, 0.4) is 0 Å². The number of ether oxygens (including phenoxy) is 1. The zero-order valence-corrected chi connectivity index (χ0v) is 13.1. The van der Waals surface area contributed by atoms with Crippen molar-refractivity contribution in [2.75, 3.05) is 0 Å². The highest BCUT2D eigenvalue weighted by molar-refractivity contribution is 5.95. The van der Waals surface area contributed by atoms with E-state index in [1.807, 2.05) is 13.8 Å². The largest absolute Gasteiger partial charge is 0.458 e. The van der Waals surface area contributed by atoms with E-state index >= 15 is 0 Å². The van der Waals surface area contributed by atoms with Crippen LogP contribution in [0.2, 0.25) is 0 Å². The highest BCUT2D eigenvalue weighted by Gasteiger charge is 2.29. The number of hydrogen-bond donors (Lipinski definition) is 1. The molecule has 112 valence electrons. The minimum Gasteiger partial charge on any atom is -0.458 e. The van der Waals surface area contributed by atoms with E-state index in [0.717, 1.165) is 0 Å². The van der Waals surface area contributed by atoms with E-state index in [9.17, 15) is 9.59 Å². The Balaban J connectivity index is 2.81. The van der Waals surface area contributed by atoms with Crippen LogP contribution in [0.4, 0.5) is 0 Å². The number of carbonyl (C=O) groups excluding carboxylic acids is 2. The normalized spacial score (nSPS) is 13.2. The molecule has 1 heterocycles. The van der Waals surface area contributed by atoms with Crippen molar-refractivity contribution in [2.45, 2.75) is 46.3 Å². The molecule has 1 rings (SSSR count). The average molecular weight is 280 g/mol. The van der Waals surface area contributed by atoms with E-state index < -0.39 is 17.6 Å². The number of nitrogens with one attached hydrogen (secondary N) is 1. The number of hydrogen-bond acceptors (Lipinski definition) is 3. The van der Waals surface area contributed by atoms with Crippen molar-refractivity contribution in [3.05, 3.63) is 24.0 Å². The van der Waals surface area contributed by atoms with Crippen LogP contribution in [0.1, 0.15) is 45.1 Å². The van der Waals surface area contributed by atoms with Gasteiger partial charge in [0.05, 0.1) is 0 Å². The molecule has 1 N–H and O–H groups in total. The summed E-state index contributed by atoms with van der Waals surface area (Å²) < 4.78 is 7.06. The fraction of sp³-hybridized carbons (Fsp3) is 0.600. The Bertz CT molecular complexity index is 484. The molecule has 5 nitrogen and oxygen atoms in total. The second-order valence-electron chi connectivity index (χ2n) is 6.23. The molecule has 0 aliphatic carbocycles. The van der Waals surface area contributed by atoms with Crippen LogP contribution < -0.4 is 5.32 Å². The summed E-state index contributed by atoms with van der Waals surface area (Å²) in [5.41, 5.74) is -0.0564. The average Bonchev–Trinajstić information content (AvgIpc) is 2.69. The van der Waals surface area contributed by atoms with Crippen LogP contribution in [0.25, 0.3) is 0 Å². The molecule has 1 aromatic rings. The summed E-state index contributed by atoms with van der Waals surface area (Å²) in [4.78, 5) is 24.3. The van der Waals surface area contributed by atoms with Gasteiger partial charge in [0.25, 0.3) is 5.91 Å². The maximum Gasteiger partial charge on any atom is 0.329 e. The molecular formula is C15H24N2O3. The highest BCUT2D eigenvalue weighted by atomic mass is 16.6. The highest BCUT2D eigenvalue weighted by Crippen LogP contribution is 2.13. The van der Waals surface area contributed by atoms with Gasteiger partial charge in [0.1, 0.15) is 17.3 Å². The molecule has 0 saturated heterocycles. The van der Waals surface area contributed by atoms with Gasteiger partial charge in [-0.2, -0.15) is 0 Å². The Morgan fingerprint density at radius 2 is 1.90 bits per heavy atom. The van der Waals surface area contributed by atoms with Crippen LogP contribution >= 0.6 is 0 Å². The maximum absolute atomic E-state index is 12.2. The van der Waals surface area contributed by atoms with Gasteiger partial charge in [0, 0.05) is 13.2 Å². The molecule has 0 bridgehead atoms. The van der Waals surface area contributed by atoms with Gasteiger partial charge < -0.3 is 14.6 Å². The molecule has 0 radical (unpaired) electrons. The van der Waals surface area contributed by atoms with Crippen molar-refractivity contribution >= 4 is 11.9 Å². The van der Waals surface area contributed by atoms with Gasteiger partial charge in [-0.3, -0.25) is 4.79 Å². The van der Waals surface area contributed by atoms with E-state index in [4.69, 9.17) is 4.74 Å². The van der Waals surface area contributed by atoms with Crippen LogP contribution in [0, 0.1) is 5.92 Å². The van der Waals surface area contributed by atoms with Gasteiger partial charge in [-0.25, -0.2) is 4.79 Å². The zero-order chi connectivity index (χ0) is 15.5. The Morgan fingerprint density at radius 1 is 1.30 bits per heavy atom. The fourth-order valence-electron chi connectivity index (χ4n) is 1.78. The quantitative estimate of drug-likeness (QED) is 0.859. The summed E-state index contributed by atoms with van der Waals surface area (Å²) >= 11 is 0. The molecule has 0 fully saturated rings. The third kappa shape index (κ3) is 4.40. The summed E-state index contributed by atoms with van der Waals surface area (Å²) in [5, 5.41) is 2.75. The number of amides is 1. The predicted octanol–water partition coefficient (Wildman–Crippen LogP) is 2.12. The van der Waals surface area contributed by atoms with Gasteiger partial charge in [0.2, 0.25) is 0 Å². The molecular weight excluding hydrogens is 256 g/mol. The van der Waals surface area contributed by atoms with Crippen molar-refractivity contribution in [1.29, 1.82) is 0 Å². The minimum atomic E-state index is -0.656. The summed E-state index contributed by atoms with van der Waals surface area (Å²) in [5.74, 6) is -0.730. The first-order chi connectivity index (χ1) is 9.11. The van der Waals surface area contributed by atoms with Gasteiger partial charge in [-0.1, -0.05) is 13.8 Å². The van der Waals surface area contributed by atoms with Crippen LogP contribution in [0.15, 0.2) is 18.3 Å². The van der Waals surface area contributed by atoms with Crippen molar-refractivity contribution in [3.63, 3.8) is 0 Å². The Morgan fingerprint density at radius 3 is 2.30 bits per heavy atom. The van der Waals surface area contributed by atoms with E-state index in [1.165, 1.54) is 0 Å². The van der Waals surface area contributed by atoms with E-state index in [2.05, 4.69) is 5.32 Å². The second-order valence-corrected chi connectivity index (χ2v) is 6.23. The van der Waals surface area contributed by atoms with E-state index in [0.29, 0.717) is 5.69 Å². The Kier molecular flexibility index (Phi) is 4.98. The minimum absolute atomic E-state index is 0.0472. The number of rotatable bonds is 4. The molecule has 0 saturated carbocycles. The van der Waals surface area contributed by atoms with Crippen molar-refractivity contribution in [3.8, 4) is 0 Å². The summed E-state index contributed by atoms with van der Waals surface area (Å²) in [6.45, 7) is 9.17. The van der Waals surface area contributed by atoms with Crippen molar-refractivity contribution in [2.24, 2.45) is 13.0 Å². The van der Waals surface area contributed by atoms with E-state index in [1.54, 1.807) is 50.7 Å². The van der Waals surface area contributed by atoms with Crippen LogP contribution in [-0.4, -0.2) is 28.1 Å². The lowest BCUT2D eigenvalue weighted by molar-refractivity contribution is -0.158. The molecule has 1 amide bonds. The number of nitrogens with zero attached hydrogens (tertiary/aromatic N) is 1. The molecule has 20 heavy (non-hydrogen) atoms. The molecule has 0 aliphatic heterocycles. The molecule has 1 atom stereocenters. The van der Waals surface area contributed by atoms with Gasteiger partial charge >= 0.3 is 5.97 Å². The number of aromatic nitrogens is 1. The Hall–Kier alpha value is -1.78. The van der Waals surface area contributed by atoms with Gasteiger partial charge in [-0.15, -0.1) is 0 Å². The third-order valence-electron chi connectivity index (χ3n) is 2.79. The smallest absolute Gasteiger partial charge is 0.329 e. The number of esters is 1. The third-order valence-corrected chi connectivity index (χ3v) is 2.79. The summed E-state index contributed by atoms with van der Waals surface area (Å²) in [6, 6.07) is 2.84. The van der Waals surface area contributed by atoms with Gasteiger partial charge in [-0.05, 0) is 38.8 Å². The maximum atomic E-state index is 12.2. The van der Waals surface area contributed by atoms with Crippen molar-refractivity contribution in [1.82, 2.24) is 9.88 Å². The number of aryl methyl sites for hydroxylation is 1. The standard InChI is InChI=1S/C15H24N2O3/c1-10(2)12(14(19)20-15(3,4)5)16-13(18)11-8-7-9-17(11)6/h7-10,12H,1-6H3,(H,16,18)/t12-/m0/s1. The van der Waals surface area contributed by atoms with Crippen LogP contribution in [0.5, 0.6) is 0 Å². The first kappa shape index (κ1) is 16.3. The molecule has 0 aliphatic rings. The lowest BCUT2D eigenvalue weighted by Gasteiger charge is -2.26.